The van der Waals surface area contributed by atoms with E-state index in [1.165, 1.54) is 11.8 Å². The number of methoxy groups -OCH3 is 2. The van der Waals surface area contributed by atoms with Crippen molar-refractivity contribution in [3.8, 4) is 17.2 Å². The van der Waals surface area contributed by atoms with Crippen LogP contribution in [0.3, 0.4) is 0 Å². The molecule has 0 aliphatic carbocycles. The molecule has 0 fully saturated rings. The van der Waals surface area contributed by atoms with Crippen LogP contribution in [0.4, 0.5) is 0 Å². The average molecular weight is 567 g/mol. The van der Waals surface area contributed by atoms with E-state index >= 15 is 0 Å². The molecule has 1 N–H and O–H groups in total. The Morgan fingerprint density at radius 3 is 2.36 bits per heavy atom. The minimum Gasteiger partial charge on any atom is -0.493 e. The van der Waals surface area contributed by atoms with Gasteiger partial charge in [0.25, 0.3) is 0 Å². The Labute approximate surface area is 232 Å². The summed E-state index contributed by atoms with van der Waals surface area (Å²) in [6, 6.07) is 21.6. The topological polar surface area (TPSA) is 112 Å². The number of hydrogen-bond acceptors (Lipinski definition) is 8. The van der Waals surface area contributed by atoms with E-state index in [1.807, 2.05) is 55.5 Å². The fourth-order valence-electron chi connectivity index (χ4n) is 3.89. The van der Waals surface area contributed by atoms with Gasteiger partial charge in [-0.2, -0.15) is 0 Å². The van der Waals surface area contributed by atoms with Gasteiger partial charge in [-0.3, -0.25) is 9.36 Å². The molecule has 0 radical (unpaired) electrons. The van der Waals surface area contributed by atoms with Crippen molar-refractivity contribution in [1.29, 1.82) is 0 Å². The zero-order valence-electron chi connectivity index (χ0n) is 22.0. The molecule has 0 aliphatic rings. The van der Waals surface area contributed by atoms with E-state index in [-0.39, 0.29) is 28.1 Å². The molecule has 0 unspecified atom stereocenters. The van der Waals surface area contributed by atoms with Crippen LogP contribution >= 0.6 is 11.8 Å². The van der Waals surface area contributed by atoms with Gasteiger partial charge in [0.1, 0.15) is 5.75 Å². The molecule has 4 aromatic rings. The van der Waals surface area contributed by atoms with Crippen LogP contribution in [0, 0.1) is 6.92 Å². The van der Waals surface area contributed by atoms with Crippen LogP contribution in [0.15, 0.2) is 82.8 Å². The van der Waals surface area contributed by atoms with Crippen molar-refractivity contribution in [3.05, 3.63) is 89.7 Å². The van der Waals surface area contributed by atoms with Crippen molar-refractivity contribution in [2.24, 2.45) is 0 Å². The van der Waals surface area contributed by atoms with Crippen LogP contribution in [-0.2, 0) is 26.8 Å². The second kappa shape index (κ2) is 12.8. The summed E-state index contributed by atoms with van der Waals surface area (Å²) in [7, 11) is -0.490. The highest BCUT2D eigenvalue weighted by Crippen LogP contribution is 2.28. The van der Waals surface area contributed by atoms with Crippen molar-refractivity contribution in [2.45, 2.75) is 29.1 Å². The number of carbonyl (C=O) groups is 1. The van der Waals surface area contributed by atoms with Gasteiger partial charge in [0.05, 0.1) is 24.9 Å². The molecular weight excluding hydrogens is 536 g/mol. The molecule has 0 atom stereocenters. The van der Waals surface area contributed by atoms with Crippen molar-refractivity contribution >= 4 is 27.5 Å². The number of nitrogens with one attached hydrogen (secondary N) is 1. The largest absolute Gasteiger partial charge is 0.493 e. The quantitative estimate of drug-likeness (QED) is 0.256. The number of carbonyl (C=O) groups excluding carboxylic acids is 1. The Hall–Kier alpha value is -3.83. The minimum absolute atomic E-state index is 0.0988. The van der Waals surface area contributed by atoms with E-state index in [1.54, 1.807) is 43.1 Å². The second-order valence-electron chi connectivity index (χ2n) is 8.72. The molecular formula is C28H30N4O5S2. The Kier molecular flexibility index (Phi) is 9.26. The molecule has 0 aliphatic heterocycles. The molecule has 3 aromatic carbocycles. The number of aromatic nitrogens is 3. The van der Waals surface area contributed by atoms with Gasteiger partial charge in [0.2, 0.25) is 5.91 Å². The van der Waals surface area contributed by atoms with Crippen LogP contribution < -0.4 is 14.8 Å². The fourth-order valence-corrected chi connectivity index (χ4v) is 5.93. The first kappa shape index (κ1) is 28.2. The highest BCUT2D eigenvalue weighted by Gasteiger charge is 2.23. The second-order valence-corrected chi connectivity index (χ2v) is 11.7. The fraction of sp³-hybridized carbons (Fsp3) is 0.250. The predicted octanol–water partition coefficient (Wildman–Crippen LogP) is 4.02. The summed E-state index contributed by atoms with van der Waals surface area (Å²) in [4.78, 5) is 12.8. The van der Waals surface area contributed by atoms with Gasteiger partial charge >= 0.3 is 0 Å². The summed E-state index contributed by atoms with van der Waals surface area (Å²) in [5.74, 6) is 1.17. The molecule has 0 bridgehead atoms. The molecule has 0 saturated heterocycles. The summed E-state index contributed by atoms with van der Waals surface area (Å²) in [6.45, 7) is 2.35. The minimum atomic E-state index is -3.66. The maximum Gasteiger partial charge on any atom is 0.230 e. The molecule has 9 nitrogen and oxygen atoms in total. The number of benzene rings is 3. The summed E-state index contributed by atoms with van der Waals surface area (Å²) in [5.41, 5.74) is 2.69. The van der Waals surface area contributed by atoms with Crippen LogP contribution in [0.2, 0.25) is 0 Å². The van der Waals surface area contributed by atoms with Crippen molar-refractivity contribution in [1.82, 2.24) is 20.1 Å². The van der Waals surface area contributed by atoms with Gasteiger partial charge in [-0.25, -0.2) is 8.42 Å². The highest BCUT2D eigenvalue weighted by molar-refractivity contribution is 7.99. The molecule has 11 heteroatoms. The van der Waals surface area contributed by atoms with Gasteiger partial charge in [0, 0.05) is 12.2 Å². The van der Waals surface area contributed by atoms with E-state index in [9.17, 15) is 13.2 Å². The zero-order chi connectivity index (χ0) is 27.8. The van der Waals surface area contributed by atoms with E-state index < -0.39 is 9.84 Å². The van der Waals surface area contributed by atoms with Crippen molar-refractivity contribution < 1.29 is 22.7 Å². The summed E-state index contributed by atoms with van der Waals surface area (Å²) in [5, 5.41) is 11.8. The number of ether oxygens (including phenoxy) is 2. The van der Waals surface area contributed by atoms with Crippen molar-refractivity contribution in [2.75, 3.05) is 26.5 Å². The number of rotatable bonds is 12. The molecule has 1 aromatic heterocycles. The number of nitrogens with zero attached hydrogens (tertiary/aromatic N) is 3. The first-order valence-electron chi connectivity index (χ1n) is 12.2. The number of sulfone groups is 1. The van der Waals surface area contributed by atoms with Gasteiger partial charge in [-0.15, -0.1) is 10.2 Å². The Bertz CT molecular complexity index is 1520. The molecule has 1 amide bonds. The zero-order valence-corrected chi connectivity index (χ0v) is 23.6. The summed E-state index contributed by atoms with van der Waals surface area (Å²) in [6.07, 6.45) is 0.623. The van der Waals surface area contributed by atoms with E-state index in [2.05, 4.69) is 15.5 Å². The van der Waals surface area contributed by atoms with Crippen molar-refractivity contribution in [3.63, 3.8) is 0 Å². The maximum absolute atomic E-state index is 13.1. The lowest BCUT2D eigenvalue weighted by atomic mass is 10.1. The van der Waals surface area contributed by atoms with Crippen LogP contribution in [-0.4, -0.2) is 55.6 Å². The third kappa shape index (κ3) is 7.18. The first-order chi connectivity index (χ1) is 18.8. The number of amides is 1. The highest BCUT2D eigenvalue weighted by atomic mass is 32.2. The number of hydrogen-bond donors (Lipinski definition) is 1. The van der Waals surface area contributed by atoms with Gasteiger partial charge in [-0.05, 0) is 55.3 Å². The SMILES string of the molecule is COc1ccc(CCNC(=O)CSc2nnc(CS(=O)(=O)c3ccc(C)cc3)n2-c2ccccc2)cc1OC. The number of aryl methyl sites for hydroxylation is 1. The molecule has 39 heavy (non-hydrogen) atoms. The van der Waals surface area contributed by atoms with E-state index in [0.717, 1.165) is 11.1 Å². The Balaban J connectivity index is 1.43. The third-order valence-corrected chi connectivity index (χ3v) is 8.49. The molecule has 1 heterocycles. The third-order valence-electron chi connectivity index (χ3n) is 5.93. The smallest absolute Gasteiger partial charge is 0.230 e. The lowest BCUT2D eigenvalue weighted by molar-refractivity contribution is -0.118. The predicted molar refractivity (Wildman–Crippen MR) is 150 cm³/mol. The number of thioether (sulfide) groups is 1. The average Bonchev–Trinajstić information content (AvgIpc) is 3.34. The maximum atomic E-state index is 13.1. The summed E-state index contributed by atoms with van der Waals surface area (Å²) >= 11 is 1.20. The first-order valence-corrected chi connectivity index (χ1v) is 14.8. The molecule has 204 valence electrons. The monoisotopic (exact) mass is 566 g/mol. The Morgan fingerprint density at radius 1 is 0.949 bits per heavy atom. The van der Waals surface area contributed by atoms with Gasteiger partial charge in [0.15, 0.2) is 32.3 Å². The van der Waals surface area contributed by atoms with Crippen LogP contribution in [0.5, 0.6) is 11.5 Å². The number of para-hydroxylation sites is 1. The molecule has 0 spiro atoms. The van der Waals surface area contributed by atoms with E-state index in [0.29, 0.717) is 35.3 Å². The summed E-state index contributed by atoms with van der Waals surface area (Å²) < 4.78 is 38.5. The standard InChI is InChI=1S/C28H30N4O5S2/c1-20-9-12-23(13-10-20)39(34,35)19-26-30-31-28(32(26)22-7-5-4-6-8-22)38-18-27(33)29-16-15-21-11-14-24(36-2)25(17-21)37-3/h4-14,17H,15-16,18-19H2,1-3H3,(H,29,33). The van der Waals surface area contributed by atoms with E-state index in [4.69, 9.17) is 9.47 Å². The van der Waals surface area contributed by atoms with Gasteiger partial charge < -0.3 is 14.8 Å². The normalized spacial score (nSPS) is 11.3. The molecule has 4 rings (SSSR count). The lowest BCUT2D eigenvalue weighted by Crippen LogP contribution is -2.27. The van der Waals surface area contributed by atoms with Crippen LogP contribution in [0.25, 0.3) is 5.69 Å². The Morgan fingerprint density at radius 2 is 1.67 bits per heavy atom. The van der Waals surface area contributed by atoms with Gasteiger partial charge in [-0.1, -0.05) is 53.7 Å². The lowest BCUT2D eigenvalue weighted by Gasteiger charge is -2.11. The molecule has 0 saturated carbocycles. The van der Waals surface area contributed by atoms with Crippen LogP contribution in [0.1, 0.15) is 17.0 Å².